The van der Waals surface area contributed by atoms with E-state index in [1.54, 1.807) is 17.9 Å². The fourth-order valence-corrected chi connectivity index (χ4v) is 2.51. The molecule has 0 saturated heterocycles. The molecule has 3 aromatic rings. The second-order valence-corrected chi connectivity index (χ2v) is 5.08. The van der Waals surface area contributed by atoms with Gasteiger partial charge in [0.2, 0.25) is 0 Å². The van der Waals surface area contributed by atoms with Crippen LogP contribution in [0.25, 0.3) is 11.2 Å². The minimum Gasteiger partial charge on any atom is -0.320 e. The molecule has 1 aromatic carbocycles. The van der Waals surface area contributed by atoms with Crippen LogP contribution in [0.15, 0.2) is 58.9 Å². The summed E-state index contributed by atoms with van der Waals surface area (Å²) in [6.07, 6.45) is 3.13. The van der Waals surface area contributed by atoms with E-state index >= 15 is 0 Å². The Morgan fingerprint density at radius 3 is 2.64 bits per heavy atom. The lowest BCUT2D eigenvalue weighted by Crippen LogP contribution is -2.39. The van der Waals surface area contributed by atoms with Crippen molar-refractivity contribution in [3.8, 4) is 0 Å². The zero-order chi connectivity index (χ0) is 15.7. The van der Waals surface area contributed by atoms with E-state index < -0.39 is 0 Å². The van der Waals surface area contributed by atoms with E-state index in [-0.39, 0.29) is 17.8 Å². The second-order valence-electron chi connectivity index (χ2n) is 5.08. The lowest BCUT2D eigenvalue weighted by Gasteiger charge is -2.08. The van der Waals surface area contributed by atoms with Gasteiger partial charge in [0.05, 0.1) is 6.33 Å². The number of hydrogen-bond acceptors (Lipinski definition) is 3. The molecule has 0 aliphatic rings. The summed E-state index contributed by atoms with van der Waals surface area (Å²) in [5.74, 6) is 0. The van der Waals surface area contributed by atoms with Crippen LogP contribution < -0.4 is 11.2 Å². The molecule has 0 aliphatic heterocycles. The lowest BCUT2D eigenvalue weighted by molar-refractivity contribution is 0.663. The van der Waals surface area contributed by atoms with Crippen molar-refractivity contribution < 1.29 is 0 Å². The molecule has 2 aromatic heterocycles. The summed E-state index contributed by atoms with van der Waals surface area (Å²) >= 11 is 0. The molecular weight excluding hydrogens is 280 g/mol. The summed E-state index contributed by atoms with van der Waals surface area (Å²) in [7, 11) is 1.61. The molecule has 22 heavy (non-hydrogen) atoms. The van der Waals surface area contributed by atoms with Gasteiger partial charge in [-0.3, -0.25) is 13.9 Å². The third kappa shape index (κ3) is 2.18. The number of aromatic nitrogens is 4. The Hall–Kier alpha value is -2.89. The average molecular weight is 296 g/mol. The quantitative estimate of drug-likeness (QED) is 0.678. The van der Waals surface area contributed by atoms with E-state index in [2.05, 4.69) is 11.6 Å². The van der Waals surface area contributed by atoms with Gasteiger partial charge in [0, 0.05) is 20.1 Å². The summed E-state index contributed by atoms with van der Waals surface area (Å²) < 4.78 is 4.33. The van der Waals surface area contributed by atoms with Crippen molar-refractivity contribution in [2.75, 3.05) is 0 Å². The van der Waals surface area contributed by atoms with Gasteiger partial charge in [0.15, 0.2) is 11.2 Å². The Balaban J connectivity index is 2.24. The highest BCUT2D eigenvalue weighted by Crippen LogP contribution is 2.09. The number of allylic oxidation sites excluding steroid dienone is 1. The number of rotatable bonds is 4. The molecule has 0 atom stereocenters. The molecule has 3 rings (SSSR count). The molecule has 0 fully saturated rings. The van der Waals surface area contributed by atoms with Crippen LogP contribution in [0.1, 0.15) is 5.56 Å². The minimum atomic E-state index is -0.387. The van der Waals surface area contributed by atoms with Crippen molar-refractivity contribution in [3.63, 3.8) is 0 Å². The highest BCUT2D eigenvalue weighted by atomic mass is 16.2. The minimum absolute atomic E-state index is 0.179. The maximum Gasteiger partial charge on any atom is 0.332 e. The molecule has 6 heteroatoms. The Labute approximate surface area is 126 Å². The number of imidazole rings is 1. The maximum atomic E-state index is 12.6. The standard InChI is InChI=1S/C16H16N4O2/c1-3-9-20-15(21)13-14(18(2)16(20)22)17-11-19(13)10-12-7-5-4-6-8-12/h3-8,11H,1,9-10H2,2H3. The molecule has 0 saturated carbocycles. The van der Waals surface area contributed by atoms with Gasteiger partial charge in [-0.15, -0.1) is 6.58 Å². The van der Waals surface area contributed by atoms with Gasteiger partial charge in [-0.1, -0.05) is 36.4 Å². The van der Waals surface area contributed by atoms with Crippen molar-refractivity contribution in [2.24, 2.45) is 7.05 Å². The van der Waals surface area contributed by atoms with Crippen LogP contribution in [0.5, 0.6) is 0 Å². The van der Waals surface area contributed by atoms with Crippen LogP contribution in [0, 0.1) is 0 Å². The molecule has 0 radical (unpaired) electrons. The van der Waals surface area contributed by atoms with Crippen molar-refractivity contribution in [2.45, 2.75) is 13.1 Å². The molecule has 2 heterocycles. The smallest absolute Gasteiger partial charge is 0.320 e. The van der Waals surface area contributed by atoms with Crippen LogP contribution in [0.3, 0.4) is 0 Å². The molecule has 0 N–H and O–H groups in total. The molecule has 0 unspecified atom stereocenters. The normalized spacial score (nSPS) is 11.0. The molecule has 0 bridgehead atoms. The zero-order valence-electron chi connectivity index (χ0n) is 12.3. The largest absolute Gasteiger partial charge is 0.332 e. The van der Waals surface area contributed by atoms with Crippen LogP contribution >= 0.6 is 0 Å². The summed E-state index contributed by atoms with van der Waals surface area (Å²) in [5.41, 5.74) is 1.15. The summed E-state index contributed by atoms with van der Waals surface area (Å²) in [6.45, 7) is 4.30. The second kappa shape index (κ2) is 5.48. The van der Waals surface area contributed by atoms with Gasteiger partial charge in [-0.2, -0.15) is 0 Å². The first-order valence-corrected chi connectivity index (χ1v) is 6.93. The SMILES string of the molecule is C=CCn1c(=O)c2c(ncn2Cc2ccccc2)n(C)c1=O. The fraction of sp³-hybridized carbons (Fsp3) is 0.188. The highest BCUT2D eigenvalue weighted by molar-refractivity contribution is 5.70. The third-order valence-electron chi connectivity index (χ3n) is 3.61. The van der Waals surface area contributed by atoms with Gasteiger partial charge in [0.25, 0.3) is 5.56 Å². The Bertz CT molecular complexity index is 948. The first-order chi connectivity index (χ1) is 10.6. The van der Waals surface area contributed by atoms with Crippen LogP contribution in [0.2, 0.25) is 0 Å². The highest BCUT2D eigenvalue weighted by Gasteiger charge is 2.15. The fourth-order valence-electron chi connectivity index (χ4n) is 2.51. The number of aryl methyl sites for hydroxylation is 1. The number of nitrogens with zero attached hydrogens (tertiary/aromatic N) is 4. The Morgan fingerprint density at radius 2 is 1.95 bits per heavy atom. The van der Waals surface area contributed by atoms with E-state index in [4.69, 9.17) is 0 Å². The predicted molar refractivity (Wildman–Crippen MR) is 85.0 cm³/mol. The molecule has 0 aliphatic carbocycles. The molecule has 0 spiro atoms. The van der Waals surface area contributed by atoms with Gasteiger partial charge in [0.1, 0.15) is 0 Å². The first-order valence-electron chi connectivity index (χ1n) is 6.93. The van der Waals surface area contributed by atoms with Gasteiger partial charge in [-0.05, 0) is 5.56 Å². The summed E-state index contributed by atoms with van der Waals surface area (Å²) in [5, 5.41) is 0. The van der Waals surface area contributed by atoms with E-state index in [1.807, 2.05) is 30.3 Å². The van der Waals surface area contributed by atoms with Crippen LogP contribution in [0.4, 0.5) is 0 Å². The van der Waals surface area contributed by atoms with Gasteiger partial charge < -0.3 is 4.57 Å². The van der Waals surface area contributed by atoms with Gasteiger partial charge >= 0.3 is 5.69 Å². The molecule has 112 valence electrons. The zero-order valence-corrected chi connectivity index (χ0v) is 12.3. The summed E-state index contributed by atoms with van der Waals surface area (Å²) in [4.78, 5) is 29.0. The van der Waals surface area contributed by atoms with Crippen LogP contribution in [-0.2, 0) is 20.1 Å². The monoisotopic (exact) mass is 296 g/mol. The van der Waals surface area contributed by atoms with Crippen molar-refractivity contribution >= 4 is 11.2 Å². The van der Waals surface area contributed by atoms with E-state index in [0.717, 1.165) is 5.56 Å². The van der Waals surface area contributed by atoms with E-state index in [0.29, 0.717) is 17.7 Å². The Kier molecular flexibility index (Phi) is 3.50. The Morgan fingerprint density at radius 1 is 1.23 bits per heavy atom. The molecule has 6 nitrogen and oxygen atoms in total. The van der Waals surface area contributed by atoms with E-state index in [1.165, 1.54) is 15.2 Å². The average Bonchev–Trinajstić information content (AvgIpc) is 2.94. The van der Waals surface area contributed by atoms with Crippen LogP contribution in [-0.4, -0.2) is 18.7 Å². The number of fused-ring (bicyclic) bond motifs is 1. The molecular formula is C16H16N4O2. The lowest BCUT2D eigenvalue weighted by atomic mass is 10.2. The van der Waals surface area contributed by atoms with Crippen molar-refractivity contribution in [3.05, 3.63) is 75.7 Å². The third-order valence-corrected chi connectivity index (χ3v) is 3.61. The molecule has 0 amide bonds. The van der Waals surface area contributed by atoms with Crippen molar-refractivity contribution in [1.82, 2.24) is 18.7 Å². The predicted octanol–water partition coefficient (Wildman–Crippen LogP) is 1.13. The number of hydrogen-bond donors (Lipinski definition) is 0. The van der Waals surface area contributed by atoms with Crippen molar-refractivity contribution in [1.29, 1.82) is 0 Å². The maximum absolute atomic E-state index is 12.6. The number of benzene rings is 1. The van der Waals surface area contributed by atoms with E-state index in [9.17, 15) is 9.59 Å². The topological polar surface area (TPSA) is 61.8 Å². The van der Waals surface area contributed by atoms with Gasteiger partial charge in [-0.25, -0.2) is 9.78 Å². The summed E-state index contributed by atoms with van der Waals surface area (Å²) in [6, 6.07) is 9.79. The first kappa shape index (κ1) is 14.1.